The maximum atomic E-state index is 13.0. The molecule has 0 radical (unpaired) electrons. The van der Waals surface area contributed by atoms with E-state index in [1.807, 2.05) is 24.3 Å². The fourth-order valence-corrected chi connectivity index (χ4v) is 5.19. The number of rotatable bonds is 4. The molecule has 0 aliphatic carbocycles. The normalized spacial score (nSPS) is 14.2. The van der Waals surface area contributed by atoms with Crippen LogP contribution in [-0.4, -0.2) is 20.9 Å². The molecule has 0 unspecified atom stereocenters. The van der Waals surface area contributed by atoms with Crippen LogP contribution in [0.25, 0.3) is 0 Å². The Balaban J connectivity index is 1.64. The lowest BCUT2D eigenvalue weighted by molar-refractivity contribution is -0.114. The number of carbonyl (C=O) groups is 1. The molecule has 148 valence electrons. The number of anilines is 3. The van der Waals surface area contributed by atoms with Crippen LogP contribution in [-0.2, 0) is 14.6 Å². The minimum absolute atomic E-state index is 0.00940. The monoisotopic (exact) mass is 406 g/mol. The predicted octanol–water partition coefficient (Wildman–Crippen LogP) is 4.73. The third-order valence-corrected chi connectivity index (χ3v) is 6.90. The summed E-state index contributed by atoms with van der Waals surface area (Å²) in [7, 11) is -3.62. The Morgan fingerprint density at radius 2 is 1.38 bits per heavy atom. The van der Waals surface area contributed by atoms with Crippen LogP contribution >= 0.6 is 0 Å². The lowest BCUT2D eigenvalue weighted by atomic mass is 10.0. The van der Waals surface area contributed by atoms with Gasteiger partial charge in [-0.25, -0.2) is 8.42 Å². The molecule has 4 rings (SSSR count). The highest BCUT2D eigenvalue weighted by molar-refractivity contribution is 7.92. The number of carbonyl (C=O) groups excluding carboxylic acids is 1. The number of nitrogens with one attached hydrogen (secondary N) is 1. The maximum absolute atomic E-state index is 13.0. The SMILES string of the molecule is CC(C)c1ccc(NC(=O)CN2c3ccccc3S(=O)(=O)c3ccccc32)cc1. The van der Waals surface area contributed by atoms with Crippen molar-refractivity contribution < 1.29 is 13.2 Å². The molecule has 29 heavy (non-hydrogen) atoms. The molecule has 0 fully saturated rings. The number of hydrogen-bond donors (Lipinski definition) is 1. The molecule has 1 amide bonds. The van der Waals surface area contributed by atoms with Crippen LogP contribution in [0.1, 0.15) is 25.3 Å². The molecule has 1 N–H and O–H groups in total. The number of nitrogens with zero attached hydrogens (tertiary/aromatic N) is 1. The number of hydrogen-bond acceptors (Lipinski definition) is 4. The molecule has 0 saturated heterocycles. The highest BCUT2D eigenvalue weighted by Crippen LogP contribution is 2.43. The van der Waals surface area contributed by atoms with Crippen LogP contribution in [0.5, 0.6) is 0 Å². The van der Waals surface area contributed by atoms with Gasteiger partial charge in [0.25, 0.3) is 0 Å². The minimum Gasteiger partial charge on any atom is -0.330 e. The fraction of sp³-hybridized carbons (Fsp3) is 0.174. The smallest absolute Gasteiger partial charge is 0.244 e. The van der Waals surface area contributed by atoms with E-state index in [4.69, 9.17) is 0 Å². The summed E-state index contributed by atoms with van der Waals surface area (Å²) >= 11 is 0. The van der Waals surface area contributed by atoms with Crippen molar-refractivity contribution in [3.05, 3.63) is 78.4 Å². The molecule has 1 aliphatic rings. The molecule has 1 aliphatic heterocycles. The van der Waals surface area contributed by atoms with Crippen LogP contribution < -0.4 is 10.2 Å². The molecular formula is C23H22N2O3S. The lowest BCUT2D eigenvalue weighted by Crippen LogP contribution is -2.33. The first-order valence-corrected chi connectivity index (χ1v) is 11.0. The van der Waals surface area contributed by atoms with E-state index in [0.29, 0.717) is 23.0 Å². The highest BCUT2D eigenvalue weighted by Gasteiger charge is 2.34. The Bertz CT molecular complexity index is 1120. The number of amides is 1. The summed E-state index contributed by atoms with van der Waals surface area (Å²) in [5.74, 6) is 0.203. The van der Waals surface area contributed by atoms with E-state index in [2.05, 4.69) is 19.2 Å². The second-order valence-electron chi connectivity index (χ2n) is 7.35. The van der Waals surface area contributed by atoms with Gasteiger partial charge in [-0.3, -0.25) is 4.79 Å². The van der Waals surface area contributed by atoms with Gasteiger partial charge in [-0.1, -0.05) is 50.2 Å². The summed E-state index contributed by atoms with van der Waals surface area (Å²) in [5, 5.41) is 2.91. The standard InChI is InChI=1S/C23H22N2O3S/c1-16(2)17-11-13-18(14-12-17)24-23(26)15-25-19-7-3-5-9-21(19)29(27,28)22-10-6-4-8-20(22)25/h3-14,16H,15H2,1-2H3,(H,24,26). The zero-order chi connectivity index (χ0) is 20.6. The fourth-order valence-electron chi connectivity index (χ4n) is 3.53. The Labute approximate surface area is 170 Å². The van der Waals surface area contributed by atoms with E-state index in [-0.39, 0.29) is 22.2 Å². The maximum Gasteiger partial charge on any atom is 0.244 e. The number of fused-ring (bicyclic) bond motifs is 2. The summed E-state index contributed by atoms with van der Waals surface area (Å²) in [6, 6.07) is 21.3. The second-order valence-corrected chi connectivity index (χ2v) is 9.24. The van der Waals surface area contributed by atoms with E-state index >= 15 is 0 Å². The molecule has 0 aromatic heterocycles. The molecule has 6 heteroatoms. The van der Waals surface area contributed by atoms with Crippen LogP contribution in [0.2, 0.25) is 0 Å². The third kappa shape index (κ3) is 3.51. The van der Waals surface area contributed by atoms with E-state index in [9.17, 15) is 13.2 Å². The number of para-hydroxylation sites is 2. The first-order valence-electron chi connectivity index (χ1n) is 9.48. The highest BCUT2D eigenvalue weighted by atomic mass is 32.2. The topological polar surface area (TPSA) is 66.5 Å². The van der Waals surface area contributed by atoms with E-state index in [0.717, 1.165) is 0 Å². The Hall–Kier alpha value is -3.12. The molecule has 0 bridgehead atoms. The Morgan fingerprint density at radius 1 is 0.862 bits per heavy atom. The second kappa shape index (κ2) is 7.37. The largest absolute Gasteiger partial charge is 0.330 e. The molecule has 5 nitrogen and oxygen atoms in total. The third-order valence-electron chi connectivity index (χ3n) is 5.05. The van der Waals surface area contributed by atoms with E-state index < -0.39 is 9.84 Å². The van der Waals surface area contributed by atoms with Gasteiger partial charge in [0.15, 0.2) is 0 Å². The minimum atomic E-state index is -3.62. The van der Waals surface area contributed by atoms with Gasteiger partial charge in [0.05, 0.1) is 21.2 Å². The summed E-state index contributed by atoms with van der Waals surface area (Å²) < 4.78 is 26.0. The van der Waals surface area contributed by atoms with Crippen molar-refractivity contribution in [3.63, 3.8) is 0 Å². The van der Waals surface area contributed by atoms with Crippen molar-refractivity contribution >= 4 is 32.8 Å². The van der Waals surface area contributed by atoms with Crippen LogP contribution in [0, 0.1) is 0 Å². The molecular weight excluding hydrogens is 384 g/mol. The van der Waals surface area contributed by atoms with Gasteiger partial charge < -0.3 is 10.2 Å². The van der Waals surface area contributed by atoms with E-state index in [1.165, 1.54) is 5.56 Å². The van der Waals surface area contributed by atoms with Crippen molar-refractivity contribution in [3.8, 4) is 0 Å². The summed E-state index contributed by atoms with van der Waals surface area (Å²) in [6.07, 6.45) is 0. The molecule has 3 aromatic rings. The number of sulfone groups is 1. The zero-order valence-electron chi connectivity index (χ0n) is 16.3. The molecule has 3 aromatic carbocycles. The number of benzene rings is 3. The lowest BCUT2D eigenvalue weighted by Gasteiger charge is -2.32. The Kier molecular flexibility index (Phi) is 4.88. The van der Waals surface area contributed by atoms with Gasteiger partial charge in [0.2, 0.25) is 15.7 Å². The summed E-state index contributed by atoms with van der Waals surface area (Å²) in [6.45, 7) is 4.25. The van der Waals surface area contributed by atoms with Gasteiger partial charge >= 0.3 is 0 Å². The van der Waals surface area contributed by atoms with Crippen molar-refractivity contribution in [2.45, 2.75) is 29.6 Å². The first-order chi connectivity index (χ1) is 13.9. The van der Waals surface area contributed by atoms with Gasteiger partial charge in [-0.15, -0.1) is 0 Å². The zero-order valence-corrected chi connectivity index (χ0v) is 17.1. The van der Waals surface area contributed by atoms with Crippen molar-refractivity contribution in [2.75, 3.05) is 16.8 Å². The average molecular weight is 407 g/mol. The van der Waals surface area contributed by atoms with Crippen LogP contribution in [0.15, 0.2) is 82.6 Å². The molecule has 0 saturated carbocycles. The van der Waals surface area contributed by atoms with E-state index in [1.54, 1.807) is 53.4 Å². The van der Waals surface area contributed by atoms with Crippen LogP contribution in [0.3, 0.4) is 0 Å². The van der Waals surface area contributed by atoms with Crippen molar-refractivity contribution in [1.29, 1.82) is 0 Å². The molecule has 1 heterocycles. The summed E-state index contributed by atoms with van der Waals surface area (Å²) in [4.78, 5) is 15.0. The average Bonchev–Trinajstić information content (AvgIpc) is 2.72. The van der Waals surface area contributed by atoms with Crippen molar-refractivity contribution in [1.82, 2.24) is 0 Å². The van der Waals surface area contributed by atoms with Crippen LogP contribution in [0.4, 0.5) is 17.1 Å². The predicted molar refractivity (Wildman–Crippen MR) is 115 cm³/mol. The van der Waals surface area contributed by atoms with Gasteiger partial charge in [-0.2, -0.15) is 0 Å². The Morgan fingerprint density at radius 3 is 1.90 bits per heavy atom. The van der Waals surface area contributed by atoms with Gasteiger partial charge in [-0.05, 0) is 47.9 Å². The quantitative estimate of drug-likeness (QED) is 0.680. The van der Waals surface area contributed by atoms with Crippen molar-refractivity contribution in [2.24, 2.45) is 0 Å². The molecule has 0 spiro atoms. The summed E-state index contributed by atoms with van der Waals surface area (Å²) in [5.41, 5.74) is 2.94. The van der Waals surface area contributed by atoms with Gasteiger partial charge in [0.1, 0.15) is 6.54 Å². The van der Waals surface area contributed by atoms with Gasteiger partial charge in [0, 0.05) is 5.69 Å². The molecule has 0 atom stereocenters. The first kappa shape index (κ1) is 19.2.